The van der Waals surface area contributed by atoms with Gasteiger partial charge >= 0.3 is 5.97 Å². The van der Waals surface area contributed by atoms with Crippen molar-refractivity contribution >= 4 is 11.7 Å². The average molecular weight is 278 g/mol. The summed E-state index contributed by atoms with van der Waals surface area (Å²) in [4.78, 5) is 16.1. The van der Waals surface area contributed by atoms with E-state index in [4.69, 9.17) is 15.2 Å². The molecule has 1 saturated carbocycles. The van der Waals surface area contributed by atoms with Gasteiger partial charge in [-0.3, -0.25) is 4.79 Å². The molecule has 5 heteroatoms. The Bertz CT molecular complexity index is 451. The number of nitrogen functional groups attached to an aromatic ring is 1. The molecule has 110 valence electrons. The van der Waals surface area contributed by atoms with E-state index in [1.165, 1.54) is 0 Å². The molecule has 1 aliphatic carbocycles. The molecule has 2 N–H and O–H groups in total. The topological polar surface area (TPSA) is 74.4 Å². The van der Waals surface area contributed by atoms with Crippen LogP contribution in [0.25, 0.3) is 0 Å². The summed E-state index contributed by atoms with van der Waals surface area (Å²) >= 11 is 0. The number of anilines is 1. The van der Waals surface area contributed by atoms with Crippen LogP contribution in [0.4, 0.5) is 5.69 Å². The zero-order valence-corrected chi connectivity index (χ0v) is 12.1. The third kappa shape index (κ3) is 3.40. The molecule has 1 aromatic heterocycles. The lowest BCUT2D eigenvalue weighted by molar-refractivity contribution is -0.157. The van der Waals surface area contributed by atoms with Crippen LogP contribution >= 0.6 is 0 Å². The largest absolute Gasteiger partial charge is 0.474 e. The number of aromatic nitrogens is 1. The van der Waals surface area contributed by atoms with Gasteiger partial charge in [0, 0.05) is 6.07 Å². The van der Waals surface area contributed by atoms with Crippen LogP contribution in [-0.2, 0) is 9.53 Å². The van der Waals surface area contributed by atoms with E-state index in [0.29, 0.717) is 18.2 Å². The van der Waals surface area contributed by atoms with Gasteiger partial charge in [-0.2, -0.15) is 0 Å². The highest BCUT2D eigenvalue weighted by atomic mass is 16.5. The number of carbonyl (C=O) groups is 1. The second-order valence-electron chi connectivity index (χ2n) is 5.53. The molecule has 0 atom stereocenters. The van der Waals surface area contributed by atoms with E-state index in [1.807, 2.05) is 13.8 Å². The van der Waals surface area contributed by atoms with Crippen LogP contribution in [0, 0.1) is 5.41 Å². The number of hydrogen-bond acceptors (Lipinski definition) is 5. The first-order valence-corrected chi connectivity index (χ1v) is 7.09. The first kappa shape index (κ1) is 14.6. The number of ether oxygens (including phenoxy) is 2. The molecule has 0 spiro atoms. The second-order valence-corrected chi connectivity index (χ2v) is 5.53. The molecule has 0 aromatic carbocycles. The summed E-state index contributed by atoms with van der Waals surface area (Å²) in [5.41, 5.74) is 5.84. The van der Waals surface area contributed by atoms with Crippen molar-refractivity contribution in [1.82, 2.24) is 4.98 Å². The third-order valence-electron chi connectivity index (χ3n) is 3.85. The van der Waals surface area contributed by atoms with E-state index in [1.54, 1.807) is 18.3 Å². The third-order valence-corrected chi connectivity index (χ3v) is 3.85. The fourth-order valence-corrected chi connectivity index (χ4v) is 2.49. The van der Waals surface area contributed by atoms with Crippen LogP contribution < -0.4 is 10.5 Å². The average Bonchev–Trinajstić information content (AvgIpc) is 2.44. The number of pyridine rings is 1. The van der Waals surface area contributed by atoms with Crippen molar-refractivity contribution in [2.24, 2.45) is 5.41 Å². The normalized spacial score (nSPS) is 26.0. The lowest BCUT2D eigenvalue weighted by Crippen LogP contribution is -2.37. The maximum atomic E-state index is 11.9. The van der Waals surface area contributed by atoms with E-state index < -0.39 is 0 Å². The minimum atomic E-state index is -0.371. The van der Waals surface area contributed by atoms with Crippen molar-refractivity contribution in [3.8, 4) is 5.88 Å². The van der Waals surface area contributed by atoms with E-state index in [0.717, 1.165) is 25.7 Å². The van der Waals surface area contributed by atoms with Crippen LogP contribution in [-0.4, -0.2) is 23.7 Å². The van der Waals surface area contributed by atoms with Gasteiger partial charge in [0.15, 0.2) is 0 Å². The highest BCUT2D eigenvalue weighted by Gasteiger charge is 2.39. The fraction of sp³-hybridized carbons (Fsp3) is 0.600. The van der Waals surface area contributed by atoms with Crippen molar-refractivity contribution in [1.29, 1.82) is 0 Å². The lowest BCUT2D eigenvalue weighted by atomic mass is 9.75. The summed E-state index contributed by atoms with van der Waals surface area (Å²) < 4.78 is 11.0. The van der Waals surface area contributed by atoms with Gasteiger partial charge in [-0.1, -0.05) is 0 Å². The van der Waals surface area contributed by atoms with Gasteiger partial charge in [0.2, 0.25) is 5.88 Å². The van der Waals surface area contributed by atoms with Crippen molar-refractivity contribution in [3.63, 3.8) is 0 Å². The van der Waals surface area contributed by atoms with Gasteiger partial charge in [-0.15, -0.1) is 0 Å². The number of esters is 1. The van der Waals surface area contributed by atoms with Crippen LogP contribution in [0.2, 0.25) is 0 Å². The van der Waals surface area contributed by atoms with Gasteiger partial charge in [0.05, 0.1) is 23.9 Å². The zero-order valence-electron chi connectivity index (χ0n) is 12.1. The number of carbonyl (C=O) groups excluding carboxylic acids is 1. The fourth-order valence-electron chi connectivity index (χ4n) is 2.49. The Morgan fingerprint density at radius 1 is 1.45 bits per heavy atom. The second kappa shape index (κ2) is 6.11. The first-order chi connectivity index (χ1) is 9.53. The molecule has 0 radical (unpaired) electrons. The molecule has 0 unspecified atom stereocenters. The molecule has 5 nitrogen and oxygen atoms in total. The summed E-state index contributed by atoms with van der Waals surface area (Å²) in [6.07, 6.45) is 4.93. The number of nitrogens with two attached hydrogens (primary N) is 1. The molecule has 0 saturated heterocycles. The lowest BCUT2D eigenvalue weighted by Gasteiger charge is -2.34. The zero-order chi connectivity index (χ0) is 14.6. The van der Waals surface area contributed by atoms with Crippen LogP contribution in [0.15, 0.2) is 18.3 Å². The Balaban J connectivity index is 1.88. The molecule has 1 aromatic rings. The molecule has 0 bridgehead atoms. The quantitative estimate of drug-likeness (QED) is 0.857. The Morgan fingerprint density at radius 2 is 2.15 bits per heavy atom. The minimum Gasteiger partial charge on any atom is -0.474 e. The SMILES string of the molecule is CCOC(=O)C1(C)CCC(Oc2ccc(N)cn2)CC1. The molecule has 2 rings (SSSR count). The summed E-state index contributed by atoms with van der Waals surface area (Å²) in [6.45, 7) is 4.25. The summed E-state index contributed by atoms with van der Waals surface area (Å²) in [7, 11) is 0. The maximum Gasteiger partial charge on any atom is 0.311 e. The molecule has 0 amide bonds. The smallest absolute Gasteiger partial charge is 0.311 e. The van der Waals surface area contributed by atoms with Gasteiger partial charge in [-0.25, -0.2) is 4.98 Å². The minimum absolute atomic E-state index is 0.0935. The van der Waals surface area contributed by atoms with Crippen molar-refractivity contribution < 1.29 is 14.3 Å². The monoisotopic (exact) mass is 278 g/mol. The molecular formula is C15H22N2O3. The number of hydrogen-bond donors (Lipinski definition) is 1. The van der Waals surface area contributed by atoms with Gasteiger partial charge in [0.25, 0.3) is 0 Å². The van der Waals surface area contributed by atoms with E-state index in [9.17, 15) is 4.79 Å². The van der Waals surface area contributed by atoms with Gasteiger partial charge < -0.3 is 15.2 Å². The van der Waals surface area contributed by atoms with Gasteiger partial charge in [-0.05, 0) is 45.6 Å². The first-order valence-electron chi connectivity index (χ1n) is 7.09. The highest BCUT2D eigenvalue weighted by Crippen LogP contribution is 2.38. The summed E-state index contributed by atoms with van der Waals surface area (Å²) in [5, 5.41) is 0. The van der Waals surface area contributed by atoms with Crippen LogP contribution in [0.3, 0.4) is 0 Å². The summed E-state index contributed by atoms with van der Waals surface area (Å²) in [5.74, 6) is 0.494. The molecule has 0 aliphatic heterocycles. The maximum absolute atomic E-state index is 11.9. The number of nitrogens with zero attached hydrogens (tertiary/aromatic N) is 1. The molecule has 1 heterocycles. The Morgan fingerprint density at radius 3 is 2.70 bits per heavy atom. The van der Waals surface area contributed by atoms with E-state index >= 15 is 0 Å². The van der Waals surface area contributed by atoms with Crippen molar-refractivity contribution in [3.05, 3.63) is 18.3 Å². The Hall–Kier alpha value is -1.78. The predicted molar refractivity (Wildman–Crippen MR) is 76.3 cm³/mol. The molecule has 1 fully saturated rings. The molecular weight excluding hydrogens is 256 g/mol. The van der Waals surface area contributed by atoms with Crippen molar-refractivity contribution in [2.45, 2.75) is 45.6 Å². The van der Waals surface area contributed by atoms with Gasteiger partial charge in [0.1, 0.15) is 6.10 Å². The summed E-state index contributed by atoms with van der Waals surface area (Å²) in [6, 6.07) is 3.54. The highest BCUT2D eigenvalue weighted by molar-refractivity contribution is 5.76. The standard InChI is InChI=1S/C15H22N2O3/c1-3-19-14(18)15(2)8-6-12(7-9-15)20-13-5-4-11(16)10-17-13/h4-5,10,12H,3,6-9,16H2,1-2H3. The molecule has 20 heavy (non-hydrogen) atoms. The Kier molecular flexibility index (Phi) is 4.47. The van der Waals surface area contributed by atoms with Crippen molar-refractivity contribution in [2.75, 3.05) is 12.3 Å². The predicted octanol–water partition coefficient (Wildman–Crippen LogP) is 2.55. The molecule has 1 aliphatic rings. The Labute approximate surface area is 119 Å². The number of rotatable bonds is 4. The van der Waals surface area contributed by atoms with Crippen LogP contribution in [0.5, 0.6) is 5.88 Å². The van der Waals surface area contributed by atoms with E-state index in [-0.39, 0.29) is 17.5 Å². The van der Waals surface area contributed by atoms with Crippen LogP contribution in [0.1, 0.15) is 39.5 Å². The van der Waals surface area contributed by atoms with E-state index in [2.05, 4.69) is 4.98 Å².